The van der Waals surface area contributed by atoms with E-state index in [2.05, 4.69) is 28.1 Å². The van der Waals surface area contributed by atoms with E-state index in [9.17, 15) is 9.90 Å². The number of aromatic carboxylic acids is 1. The number of quaternary nitrogens is 1. The van der Waals surface area contributed by atoms with Gasteiger partial charge in [0.15, 0.2) is 0 Å². The molecule has 5 heteroatoms. The van der Waals surface area contributed by atoms with E-state index >= 15 is 0 Å². The van der Waals surface area contributed by atoms with Gasteiger partial charge in [0, 0.05) is 6.61 Å². The minimum atomic E-state index is -1.18. The summed E-state index contributed by atoms with van der Waals surface area (Å²) in [4.78, 5) is 10.2. The zero-order valence-electron chi connectivity index (χ0n) is 23.4. The molecule has 0 fully saturated rings. The number of benzene rings is 1. The van der Waals surface area contributed by atoms with E-state index in [1.165, 1.54) is 127 Å². The van der Waals surface area contributed by atoms with Gasteiger partial charge in [0.05, 0.1) is 33.3 Å². The maximum atomic E-state index is 10.7. The molecule has 0 aliphatic rings. The number of para-hydroxylation sites is 1. The summed E-state index contributed by atoms with van der Waals surface area (Å²) >= 11 is 0. The third-order valence-corrected chi connectivity index (χ3v) is 6.17. The second kappa shape index (κ2) is 22.8. The molecule has 35 heavy (non-hydrogen) atoms. The minimum Gasteiger partial charge on any atom is -0.872 e. The Labute approximate surface area is 216 Å². The van der Waals surface area contributed by atoms with Crippen LogP contribution in [0.2, 0.25) is 0 Å². The molecule has 0 amide bonds. The first-order valence-corrected chi connectivity index (χ1v) is 14.2. The predicted octanol–water partition coefficient (Wildman–Crippen LogP) is 7.43. The van der Waals surface area contributed by atoms with E-state index < -0.39 is 11.7 Å². The van der Waals surface area contributed by atoms with Crippen molar-refractivity contribution in [3.63, 3.8) is 0 Å². The third kappa shape index (κ3) is 23.9. The maximum absolute atomic E-state index is 10.7. The van der Waals surface area contributed by atoms with Crippen molar-refractivity contribution >= 4 is 5.97 Å². The number of likely N-dealkylation sites (N-methyl/N-ethyl adjacent to an activating group) is 1. The van der Waals surface area contributed by atoms with Gasteiger partial charge in [0.1, 0.15) is 6.54 Å². The van der Waals surface area contributed by atoms with Crippen molar-refractivity contribution in [3.8, 4) is 5.75 Å². The Balaban J connectivity index is 0.000000952. The topological polar surface area (TPSA) is 69.6 Å². The molecule has 5 nitrogen and oxygen atoms in total. The van der Waals surface area contributed by atoms with E-state index in [1.54, 1.807) is 0 Å². The van der Waals surface area contributed by atoms with Gasteiger partial charge in [-0.25, -0.2) is 4.79 Å². The number of carbonyl (C=O) groups is 1. The second-order valence-electron chi connectivity index (χ2n) is 10.7. The molecule has 0 heterocycles. The van der Waals surface area contributed by atoms with Crippen LogP contribution in [0.3, 0.4) is 0 Å². The van der Waals surface area contributed by atoms with E-state index in [1.807, 2.05) is 0 Å². The van der Waals surface area contributed by atoms with Gasteiger partial charge in [-0.3, -0.25) is 0 Å². The molecule has 0 radical (unpaired) electrons. The second-order valence-corrected chi connectivity index (χ2v) is 10.7. The molecule has 1 N–H and O–H groups in total. The first-order valence-electron chi connectivity index (χ1n) is 14.2. The standard InChI is InChI=1S/C23H50NO.C7H6O3/c1-5-6-7-8-9-10-11-12-13-14-15-16-17-18-19-20-22-25-23-21-24(2,3)4;8-6-4-2-1-3-5(6)7(9)10/h5-23H2,1-4H3;1-4,8H,(H,9,10)/q+1;/p-1. The summed E-state index contributed by atoms with van der Waals surface area (Å²) in [7, 11) is 6.66. The third-order valence-electron chi connectivity index (χ3n) is 6.17. The normalized spacial score (nSPS) is 11.2. The molecule has 0 bridgehead atoms. The van der Waals surface area contributed by atoms with Crippen LogP contribution < -0.4 is 5.11 Å². The highest BCUT2D eigenvalue weighted by Crippen LogP contribution is 2.14. The van der Waals surface area contributed by atoms with Crippen LogP contribution in [-0.2, 0) is 4.74 Å². The smallest absolute Gasteiger partial charge is 0.335 e. The van der Waals surface area contributed by atoms with Crippen LogP contribution >= 0.6 is 0 Å². The molecule has 0 aliphatic heterocycles. The van der Waals surface area contributed by atoms with Crippen molar-refractivity contribution < 1.29 is 24.2 Å². The molecule has 0 atom stereocenters. The molecule has 1 aromatic rings. The lowest BCUT2D eigenvalue weighted by Gasteiger charge is -2.23. The predicted molar refractivity (Wildman–Crippen MR) is 146 cm³/mol. The zero-order chi connectivity index (χ0) is 26.2. The minimum absolute atomic E-state index is 0.178. The van der Waals surface area contributed by atoms with Gasteiger partial charge in [-0.1, -0.05) is 127 Å². The van der Waals surface area contributed by atoms with E-state index in [-0.39, 0.29) is 5.56 Å². The van der Waals surface area contributed by atoms with Crippen LogP contribution in [0, 0.1) is 0 Å². The molecule has 204 valence electrons. The molecule has 0 spiro atoms. The highest BCUT2D eigenvalue weighted by atomic mass is 16.5. The Kier molecular flexibility index (Phi) is 21.8. The fourth-order valence-corrected chi connectivity index (χ4v) is 3.84. The fourth-order valence-electron chi connectivity index (χ4n) is 3.84. The van der Waals surface area contributed by atoms with E-state index in [0.717, 1.165) is 24.2 Å². The summed E-state index contributed by atoms with van der Waals surface area (Å²) in [6.07, 6.45) is 22.9. The number of nitrogens with zero attached hydrogens (tertiary/aromatic N) is 1. The van der Waals surface area contributed by atoms with Crippen molar-refractivity contribution in [1.29, 1.82) is 0 Å². The van der Waals surface area contributed by atoms with Crippen molar-refractivity contribution in [2.45, 2.75) is 110 Å². The quantitative estimate of drug-likeness (QED) is 0.143. The SMILES string of the molecule is CCCCCCCCCCCCCCCCCCOCC[N+](C)(C)C.O=C(O)c1ccccc1[O-]. The number of ether oxygens (including phenoxy) is 1. The molecule has 1 rings (SSSR count). The van der Waals surface area contributed by atoms with Gasteiger partial charge >= 0.3 is 5.97 Å². The first kappa shape index (κ1) is 33.4. The van der Waals surface area contributed by atoms with Crippen LogP contribution in [0.15, 0.2) is 24.3 Å². The monoisotopic (exact) mass is 493 g/mol. The number of carboxylic acid groups (broad SMARTS) is 1. The van der Waals surface area contributed by atoms with Crippen molar-refractivity contribution in [2.24, 2.45) is 0 Å². The summed E-state index contributed by atoms with van der Waals surface area (Å²) < 4.78 is 6.71. The Hall–Kier alpha value is -1.59. The van der Waals surface area contributed by atoms with Crippen LogP contribution in [0.1, 0.15) is 120 Å². The number of hydrogen-bond donors (Lipinski definition) is 1. The molecule has 0 saturated heterocycles. The van der Waals surface area contributed by atoms with Gasteiger partial charge in [-0.15, -0.1) is 0 Å². The van der Waals surface area contributed by atoms with E-state index in [4.69, 9.17) is 9.84 Å². The van der Waals surface area contributed by atoms with Crippen molar-refractivity contribution in [1.82, 2.24) is 0 Å². The molecular weight excluding hydrogens is 438 g/mol. The molecule has 0 aliphatic carbocycles. The van der Waals surface area contributed by atoms with Crippen LogP contribution in [0.4, 0.5) is 0 Å². The Morgan fingerprint density at radius 1 is 0.743 bits per heavy atom. The number of carboxylic acids is 1. The molecule has 1 aromatic carbocycles. The van der Waals surface area contributed by atoms with E-state index in [0.29, 0.717) is 0 Å². The van der Waals surface area contributed by atoms with Gasteiger partial charge in [0.2, 0.25) is 0 Å². The largest absolute Gasteiger partial charge is 0.872 e. The maximum Gasteiger partial charge on any atom is 0.335 e. The van der Waals surface area contributed by atoms with Crippen LogP contribution in [-0.4, -0.2) is 56.5 Å². The number of hydrogen-bond acceptors (Lipinski definition) is 3. The summed E-state index contributed by atoms with van der Waals surface area (Å²) in [6.45, 7) is 5.27. The van der Waals surface area contributed by atoms with Crippen LogP contribution in [0.25, 0.3) is 0 Å². The number of rotatable bonds is 21. The summed E-state index contributed by atoms with van der Waals surface area (Å²) in [5.74, 6) is -1.62. The Bertz CT molecular complexity index is 613. The molecule has 0 saturated carbocycles. The van der Waals surface area contributed by atoms with Gasteiger partial charge in [-0.05, 0) is 12.5 Å². The summed E-state index contributed by atoms with van der Waals surface area (Å²) in [5.41, 5.74) is -0.178. The van der Waals surface area contributed by atoms with Crippen molar-refractivity contribution in [2.75, 3.05) is 40.9 Å². The van der Waals surface area contributed by atoms with Crippen LogP contribution in [0.5, 0.6) is 5.75 Å². The number of unbranched alkanes of at least 4 members (excludes halogenated alkanes) is 15. The molecule has 0 aromatic heterocycles. The van der Waals surface area contributed by atoms with Gasteiger partial charge < -0.3 is 19.4 Å². The fraction of sp³-hybridized carbons (Fsp3) is 0.767. The first-order chi connectivity index (χ1) is 16.8. The molecule has 0 unspecified atom stereocenters. The summed E-state index contributed by atoms with van der Waals surface area (Å²) in [5, 5.41) is 19.0. The lowest BCUT2D eigenvalue weighted by Crippen LogP contribution is -2.37. The Morgan fingerprint density at radius 2 is 1.17 bits per heavy atom. The summed E-state index contributed by atoms with van der Waals surface area (Å²) in [6, 6.07) is 5.54. The Morgan fingerprint density at radius 3 is 1.54 bits per heavy atom. The highest BCUT2D eigenvalue weighted by Gasteiger charge is 2.05. The van der Waals surface area contributed by atoms with Crippen molar-refractivity contribution in [3.05, 3.63) is 29.8 Å². The lowest BCUT2D eigenvalue weighted by molar-refractivity contribution is -0.870. The van der Waals surface area contributed by atoms with Gasteiger partial charge in [-0.2, -0.15) is 0 Å². The average molecular weight is 494 g/mol. The zero-order valence-corrected chi connectivity index (χ0v) is 23.4. The lowest BCUT2D eigenvalue weighted by atomic mass is 10.0. The molecular formula is C30H55NO4. The van der Waals surface area contributed by atoms with Gasteiger partial charge in [0.25, 0.3) is 0 Å². The highest BCUT2D eigenvalue weighted by molar-refractivity contribution is 5.90. The average Bonchev–Trinajstić information content (AvgIpc) is 2.80.